The Hall–Kier alpha value is -3.02. The molecule has 0 bridgehead atoms. The van der Waals surface area contributed by atoms with E-state index in [-0.39, 0.29) is 11.8 Å². The SMILES string of the molecule is CCOc1ccc(NC(=O)c2ccc3c(c2)OC(C)C(=O)N3C)cc1. The van der Waals surface area contributed by atoms with Gasteiger partial charge in [0, 0.05) is 18.3 Å². The van der Waals surface area contributed by atoms with Gasteiger partial charge in [-0.3, -0.25) is 9.59 Å². The summed E-state index contributed by atoms with van der Waals surface area (Å²) in [5.41, 5.74) is 1.79. The van der Waals surface area contributed by atoms with E-state index >= 15 is 0 Å². The summed E-state index contributed by atoms with van der Waals surface area (Å²) in [6.45, 7) is 4.20. The van der Waals surface area contributed by atoms with Crippen LogP contribution in [0.4, 0.5) is 11.4 Å². The average Bonchev–Trinajstić information content (AvgIpc) is 2.61. The molecule has 2 aromatic rings. The molecular weight excluding hydrogens is 320 g/mol. The summed E-state index contributed by atoms with van der Waals surface area (Å²) in [5.74, 6) is 0.917. The molecule has 0 saturated carbocycles. The number of nitrogens with zero attached hydrogens (tertiary/aromatic N) is 1. The Bertz CT molecular complexity index is 802. The number of anilines is 2. The number of ether oxygens (including phenoxy) is 2. The van der Waals surface area contributed by atoms with Crippen molar-refractivity contribution < 1.29 is 19.1 Å². The van der Waals surface area contributed by atoms with Crippen molar-refractivity contribution >= 4 is 23.2 Å². The minimum Gasteiger partial charge on any atom is -0.494 e. The van der Waals surface area contributed by atoms with Gasteiger partial charge in [0.05, 0.1) is 12.3 Å². The maximum atomic E-state index is 12.5. The zero-order valence-corrected chi connectivity index (χ0v) is 14.4. The highest BCUT2D eigenvalue weighted by molar-refractivity contribution is 6.06. The highest BCUT2D eigenvalue weighted by Gasteiger charge is 2.29. The van der Waals surface area contributed by atoms with Crippen molar-refractivity contribution in [2.24, 2.45) is 0 Å². The van der Waals surface area contributed by atoms with Crippen LogP contribution < -0.4 is 19.7 Å². The van der Waals surface area contributed by atoms with Gasteiger partial charge in [0.25, 0.3) is 11.8 Å². The molecule has 3 rings (SSSR count). The molecule has 6 heteroatoms. The van der Waals surface area contributed by atoms with E-state index in [0.717, 1.165) is 5.75 Å². The van der Waals surface area contributed by atoms with Crippen LogP contribution in [-0.2, 0) is 4.79 Å². The first-order valence-electron chi connectivity index (χ1n) is 8.12. The summed E-state index contributed by atoms with van der Waals surface area (Å²) in [5, 5.41) is 2.83. The first-order valence-corrected chi connectivity index (χ1v) is 8.12. The van der Waals surface area contributed by atoms with E-state index in [9.17, 15) is 9.59 Å². The number of hydrogen-bond donors (Lipinski definition) is 1. The summed E-state index contributed by atoms with van der Waals surface area (Å²) in [7, 11) is 1.69. The zero-order chi connectivity index (χ0) is 18.0. The van der Waals surface area contributed by atoms with Gasteiger partial charge < -0.3 is 19.7 Å². The average molecular weight is 340 g/mol. The molecule has 0 fully saturated rings. The third-order valence-corrected chi connectivity index (χ3v) is 3.99. The van der Waals surface area contributed by atoms with Crippen LogP contribution >= 0.6 is 0 Å². The molecule has 1 aliphatic heterocycles. The monoisotopic (exact) mass is 340 g/mol. The van der Waals surface area contributed by atoms with E-state index in [1.54, 1.807) is 56.4 Å². The number of amides is 2. The molecule has 1 atom stereocenters. The van der Waals surface area contributed by atoms with Gasteiger partial charge >= 0.3 is 0 Å². The lowest BCUT2D eigenvalue weighted by atomic mass is 10.1. The molecule has 1 heterocycles. The Morgan fingerprint density at radius 1 is 1.24 bits per heavy atom. The van der Waals surface area contributed by atoms with Crippen LogP contribution in [0.5, 0.6) is 11.5 Å². The van der Waals surface area contributed by atoms with Crippen molar-refractivity contribution in [3.05, 3.63) is 48.0 Å². The molecule has 1 aliphatic rings. The number of hydrogen-bond acceptors (Lipinski definition) is 4. The number of carbonyl (C=O) groups excluding carboxylic acids is 2. The maximum Gasteiger partial charge on any atom is 0.267 e. The van der Waals surface area contributed by atoms with E-state index in [4.69, 9.17) is 9.47 Å². The van der Waals surface area contributed by atoms with Crippen LogP contribution in [0.2, 0.25) is 0 Å². The Kier molecular flexibility index (Phi) is 4.61. The van der Waals surface area contributed by atoms with Gasteiger partial charge in [-0.1, -0.05) is 0 Å². The number of benzene rings is 2. The molecule has 2 amide bonds. The van der Waals surface area contributed by atoms with E-state index < -0.39 is 6.10 Å². The second-order valence-electron chi connectivity index (χ2n) is 5.75. The summed E-state index contributed by atoms with van der Waals surface area (Å²) >= 11 is 0. The van der Waals surface area contributed by atoms with E-state index in [2.05, 4.69) is 5.32 Å². The van der Waals surface area contributed by atoms with Crippen molar-refractivity contribution in [2.75, 3.05) is 23.9 Å². The first kappa shape index (κ1) is 16.8. The van der Waals surface area contributed by atoms with Crippen LogP contribution in [0.25, 0.3) is 0 Å². The largest absolute Gasteiger partial charge is 0.494 e. The highest BCUT2D eigenvalue weighted by Crippen LogP contribution is 2.34. The zero-order valence-electron chi connectivity index (χ0n) is 14.4. The van der Waals surface area contributed by atoms with Crippen molar-refractivity contribution in [3.8, 4) is 11.5 Å². The summed E-state index contributed by atoms with van der Waals surface area (Å²) in [6.07, 6.45) is -0.568. The lowest BCUT2D eigenvalue weighted by Crippen LogP contribution is -2.42. The normalized spacial score (nSPS) is 16.0. The molecule has 0 spiro atoms. The van der Waals surface area contributed by atoms with E-state index in [0.29, 0.717) is 29.3 Å². The van der Waals surface area contributed by atoms with Crippen molar-refractivity contribution in [1.82, 2.24) is 0 Å². The second kappa shape index (κ2) is 6.84. The van der Waals surface area contributed by atoms with Gasteiger partial charge in [-0.2, -0.15) is 0 Å². The molecule has 0 aromatic heterocycles. The van der Waals surface area contributed by atoms with Crippen molar-refractivity contribution in [1.29, 1.82) is 0 Å². The molecule has 0 radical (unpaired) electrons. The molecule has 1 unspecified atom stereocenters. The van der Waals surface area contributed by atoms with Gasteiger partial charge in [0.2, 0.25) is 0 Å². The number of nitrogens with one attached hydrogen (secondary N) is 1. The molecule has 1 N–H and O–H groups in total. The molecular formula is C19H20N2O4. The Morgan fingerprint density at radius 2 is 1.96 bits per heavy atom. The molecule has 2 aromatic carbocycles. The first-order chi connectivity index (χ1) is 12.0. The minimum atomic E-state index is -0.568. The maximum absolute atomic E-state index is 12.5. The van der Waals surface area contributed by atoms with Gasteiger partial charge in [-0.25, -0.2) is 0 Å². The standard InChI is InChI=1S/C19H20N2O4/c1-4-24-15-8-6-14(7-9-15)20-18(22)13-5-10-16-17(11-13)25-12(2)19(23)21(16)3/h5-12H,4H2,1-3H3,(H,20,22). The fourth-order valence-corrected chi connectivity index (χ4v) is 2.66. The van der Waals surface area contributed by atoms with Crippen LogP contribution in [0.3, 0.4) is 0 Å². The fraction of sp³-hybridized carbons (Fsp3) is 0.263. The Balaban J connectivity index is 1.77. The van der Waals surface area contributed by atoms with Crippen molar-refractivity contribution in [3.63, 3.8) is 0 Å². The third-order valence-electron chi connectivity index (χ3n) is 3.99. The van der Waals surface area contributed by atoms with Gasteiger partial charge in [-0.05, 0) is 56.3 Å². The van der Waals surface area contributed by atoms with Gasteiger partial charge in [0.1, 0.15) is 11.5 Å². The smallest absolute Gasteiger partial charge is 0.267 e. The van der Waals surface area contributed by atoms with E-state index in [1.165, 1.54) is 4.90 Å². The summed E-state index contributed by atoms with van der Waals surface area (Å²) in [4.78, 5) is 25.9. The molecule has 0 saturated heterocycles. The number of carbonyl (C=O) groups is 2. The molecule has 130 valence electrons. The summed E-state index contributed by atoms with van der Waals surface area (Å²) in [6, 6.07) is 12.2. The Labute approximate surface area is 146 Å². The second-order valence-corrected chi connectivity index (χ2v) is 5.75. The number of likely N-dealkylation sites (N-methyl/N-ethyl adjacent to an activating group) is 1. The quantitative estimate of drug-likeness (QED) is 0.929. The number of rotatable bonds is 4. The van der Waals surface area contributed by atoms with Crippen molar-refractivity contribution in [2.45, 2.75) is 20.0 Å². The minimum absolute atomic E-state index is 0.112. The predicted octanol–water partition coefficient (Wildman–Crippen LogP) is 3.08. The molecule has 0 aliphatic carbocycles. The predicted molar refractivity (Wildman–Crippen MR) is 95.5 cm³/mol. The van der Waals surface area contributed by atoms with Crippen LogP contribution in [0.15, 0.2) is 42.5 Å². The number of fused-ring (bicyclic) bond motifs is 1. The van der Waals surface area contributed by atoms with Gasteiger partial charge in [-0.15, -0.1) is 0 Å². The van der Waals surface area contributed by atoms with Crippen LogP contribution in [0, 0.1) is 0 Å². The third kappa shape index (κ3) is 3.42. The molecule has 6 nitrogen and oxygen atoms in total. The lowest BCUT2D eigenvalue weighted by molar-refractivity contribution is -0.125. The van der Waals surface area contributed by atoms with Crippen LogP contribution in [0.1, 0.15) is 24.2 Å². The fourth-order valence-electron chi connectivity index (χ4n) is 2.66. The van der Waals surface area contributed by atoms with Gasteiger partial charge in [0.15, 0.2) is 6.10 Å². The summed E-state index contributed by atoms with van der Waals surface area (Å²) < 4.78 is 11.0. The Morgan fingerprint density at radius 3 is 2.64 bits per heavy atom. The highest BCUT2D eigenvalue weighted by atomic mass is 16.5. The lowest BCUT2D eigenvalue weighted by Gasteiger charge is -2.30. The molecule has 25 heavy (non-hydrogen) atoms. The van der Waals surface area contributed by atoms with E-state index in [1.807, 2.05) is 6.92 Å². The van der Waals surface area contributed by atoms with Crippen LogP contribution in [-0.4, -0.2) is 31.6 Å². The topological polar surface area (TPSA) is 67.9 Å².